The highest BCUT2D eigenvalue weighted by molar-refractivity contribution is 5.22. The Balaban J connectivity index is 2.26. The molecule has 0 spiro atoms. The quantitative estimate of drug-likeness (QED) is 0.842. The number of nitrogens with zero attached hydrogens (tertiary/aromatic N) is 4. The lowest BCUT2D eigenvalue weighted by molar-refractivity contribution is 0.213. The Morgan fingerprint density at radius 3 is 2.47 bits per heavy atom. The summed E-state index contributed by atoms with van der Waals surface area (Å²) in [6, 6.07) is 2.10. The molecule has 90 valence electrons. The maximum atomic E-state index is 10.1. The van der Waals surface area contributed by atoms with Gasteiger partial charge in [-0.1, -0.05) is 0 Å². The van der Waals surface area contributed by atoms with Crippen LogP contribution in [-0.4, -0.2) is 32.0 Å². The number of hydrogen-bond donors (Lipinski definition) is 1. The van der Waals surface area contributed by atoms with Crippen molar-refractivity contribution in [3.05, 3.63) is 35.4 Å². The SMILES string of the molecule is COc1ncc(C(O)c2cc(C)n(C)n2)cn1. The molecule has 1 N–H and O–H groups in total. The lowest BCUT2D eigenvalue weighted by atomic mass is 10.1. The topological polar surface area (TPSA) is 73.1 Å². The molecule has 0 bridgehead atoms. The van der Waals surface area contributed by atoms with Crippen molar-refractivity contribution in [1.29, 1.82) is 0 Å². The Bertz CT molecular complexity index is 487. The van der Waals surface area contributed by atoms with Crippen molar-refractivity contribution in [3.63, 3.8) is 0 Å². The Hall–Kier alpha value is -1.95. The minimum Gasteiger partial charge on any atom is -0.467 e. The standard InChI is InChI=1S/C11H14N4O2/c1-7-4-9(14-15(7)2)10(16)8-5-12-11(17-3)13-6-8/h4-6,10,16H,1-3H3. The third kappa shape index (κ3) is 2.26. The van der Waals surface area contributed by atoms with Crippen LogP contribution in [0.4, 0.5) is 0 Å². The average molecular weight is 234 g/mol. The van der Waals surface area contributed by atoms with Gasteiger partial charge >= 0.3 is 6.01 Å². The van der Waals surface area contributed by atoms with E-state index in [0.717, 1.165) is 5.69 Å². The minimum atomic E-state index is -0.819. The summed E-state index contributed by atoms with van der Waals surface area (Å²) in [5.41, 5.74) is 2.15. The molecular weight excluding hydrogens is 220 g/mol. The molecule has 1 atom stereocenters. The van der Waals surface area contributed by atoms with Gasteiger partial charge in [0.1, 0.15) is 6.10 Å². The van der Waals surface area contributed by atoms with E-state index in [9.17, 15) is 5.11 Å². The number of aliphatic hydroxyl groups excluding tert-OH is 1. The van der Waals surface area contributed by atoms with Gasteiger partial charge in [0, 0.05) is 30.7 Å². The molecule has 0 saturated heterocycles. The van der Waals surface area contributed by atoms with Crippen molar-refractivity contribution in [2.24, 2.45) is 7.05 Å². The number of aryl methyl sites for hydroxylation is 2. The fraction of sp³-hybridized carbons (Fsp3) is 0.364. The lowest BCUT2D eigenvalue weighted by Crippen LogP contribution is -2.03. The van der Waals surface area contributed by atoms with Crippen LogP contribution in [0.5, 0.6) is 6.01 Å². The molecule has 0 fully saturated rings. The summed E-state index contributed by atoms with van der Waals surface area (Å²) < 4.78 is 6.57. The second-order valence-corrected chi connectivity index (χ2v) is 3.74. The van der Waals surface area contributed by atoms with Gasteiger partial charge in [0.05, 0.1) is 12.8 Å². The van der Waals surface area contributed by atoms with E-state index >= 15 is 0 Å². The van der Waals surface area contributed by atoms with Gasteiger partial charge in [-0.15, -0.1) is 0 Å². The van der Waals surface area contributed by atoms with E-state index in [-0.39, 0.29) is 6.01 Å². The summed E-state index contributed by atoms with van der Waals surface area (Å²) in [6.45, 7) is 1.92. The van der Waals surface area contributed by atoms with Crippen molar-refractivity contribution >= 4 is 0 Å². The van der Waals surface area contributed by atoms with Crippen LogP contribution in [0, 0.1) is 6.92 Å². The summed E-state index contributed by atoms with van der Waals surface area (Å²) >= 11 is 0. The number of aromatic nitrogens is 4. The predicted molar refractivity (Wildman–Crippen MR) is 60.6 cm³/mol. The molecule has 0 radical (unpaired) electrons. The zero-order valence-corrected chi connectivity index (χ0v) is 9.95. The van der Waals surface area contributed by atoms with E-state index in [2.05, 4.69) is 15.1 Å². The molecule has 6 nitrogen and oxygen atoms in total. The number of methoxy groups -OCH3 is 1. The monoisotopic (exact) mass is 234 g/mol. The Kier molecular flexibility index (Phi) is 3.06. The van der Waals surface area contributed by atoms with Gasteiger partial charge in [-0.3, -0.25) is 4.68 Å². The molecule has 17 heavy (non-hydrogen) atoms. The molecule has 0 aliphatic rings. The first-order valence-electron chi connectivity index (χ1n) is 5.16. The first kappa shape index (κ1) is 11.5. The maximum absolute atomic E-state index is 10.1. The molecule has 2 rings (SSSR count). The summed E-state index contributed by atoms with van der Waals surface area (Å²) in [6.07, 6.45) is 2.24. The smallest absolute Gasteiger partial charge is 0.316 e. The highest BCUT2D eigenvalue weighted by atomic mass is 16.5. The van der Waals surface area contributed by atoms with Crippen LogP contribution in [-0.2, 0) is 7.05 Å². The molecule has 0 aliphatic carbocycles. The van der Waals surface area contributed by atoms with Crippen molar-refractivity contribution in [2.75, 3.05) is 7.11 Å². The normalized spacial score (nSPS) is 12.5. The Morgan fingerprint density at radius 1 is 1.35 bits per heavy atom. The summed E-state index contributed by atoms with van der Waals surface area (Å²) in [7, 11) is 3.32. The van der Waals surface area contributed by atoms with Crippen molar-refractivity contribution in [2.45, 2.75) is 13.0 Å². The summed E-state index contributed by atoms with van der Waals surface area (Å²) in [5, 5.41) is 14.3. The van der Waals surface area contributed by atoms with Gasteiger partial charge < -0.3 is 9.84 Å². The maximum Gasteiger partial charge on any atom is 0.316 e. The van der Waals surface area contributed by atoms with E-state index < -0.39 is 6.10 Å². The van der Waals surface area contributed by atoms with Crippen LogP contribution in [0.1, 0.15) is 23.1 Å². The first-order chi connectivity index (χ1) is 8.11. The minimum absolute atomic E-state index is 0.276. The molecule has 0 amide bonds. The molecule has 2 heterocycles. The van der Waals surface area contributed by atoms with Gasteiger partial charge in [-0.05, 0) is 13.0 Å². The number of aliphatic hydroxyl groups is 1. The van der Waals surface area contributed by atoms with E-state index in [1.807, 2.05) is 20.0 Å². The highest BCUT2D eigenvalue weighted by Gasteiger charge is 2.15. The van der Waals surface area contributed by atoms with Crippen LogP contribution in [0.3, 0.4) is 0 Å². The van der Waals surface area contributed by atoms with Crippen LogP contribution in [0.15, 0.2) is 18.5 Å². The zero-order valence-electron chi connectivity index (χ0n) is 9.95. The third-order valence-electron chi connectivity index (χ3n) is 2.56. The second-order valence-electron chi connectivity index (χ2n) is 3.74. The molecule has 2 aromatic heterocycles. The van der Waals surface area contributed by atoms with Crippen molar-refractivity contribution < 1.29 is 9.84 Å². The second kappa shape index (κ2) is 4.50. The molecule has 0 aliphatic heterocycles. The summed E-state index contributed by atoms with van der Waals surface area (Å²) in [5.74, 6) is 0. The average Bonchev–Trinajstić information content (AvgIpc) is 2.69. The van der Waals surface area contributed by atoms with Crippen LogP contribution >= 0.6 is 0 Å². The lowest BCUT2D eigenvalue weighted by Gasteiger charge is -2.07. The van der Waals surface area contributed by atoms with Gasteiger partial charge in [0.15, 0.2) is 0 Å². The number of rotatable bonds is 3. The molecule has 6 heteroatoms. The van der Waals surface area contributed by atoms with Crippen molar-refractivity contribution in [1.82, 2.24) is 19.7 Å². The number of hydrogen-bond acceptors (Lipinski definition) is 5. The summed E-state index contributed by atoms with van der Waals surface area (Å²) in [4.78, 5) is 7.89. The van der Waals surface area contributed by atoms with E-state index in [0.29, 0.717) is 11.3 Å². The van der Waals surface area contributed by atoms with Crippen molar-refractivity contribution in [3.8, 4) is 6.01 Å². The molecule has 2 aromatic rings. The fourth-order valence-electron chi connectivity index (χ4n) is 1.47. The van der Waals surface area contributed by atoms with Crippen LogP contribution in [0.25, 0.3) is 0 Å². The first-order valence-corrected chi connectivity index (χ1v) is 5.16. The van der Waals surface area contributed by atoms with Gasteiger partial charge in [-0.2, -0.15) is 5.10 Å². The predicted octanol–water partition coefficient (Wildman–Crippen LogP) is 0.609. The highest BCUT2D eigenvalue weighted by Crippen LogP contribution is 2.20. The molecular formula is C11H14N4O2. The molecule has 1 unspecified atom stereocenters. The van der Waals surface area contributed by atoms with E-state index in [1.54, 1.807) is 4.68 Å². The van der Waals surface area contributed by atoms with E-state index in [1.165, 1.54) is 19.5 Å². The van der Waals surface area contributed by atoms with Gasteiger partial charge in [0.2, 0.25) is 0 Å². The molecule has 0 saturated carbocycles. The number of ether oxygens (including phenoxy) is 1. The molecule has 0 aromatic carbocycles. The van der Waals surface area contributed by atoms with Crippen LogP contribution in [0.2, 0.25) is 0 Å². The van der Waals surface area contributed by atoms with Gasteiger partial charge in [0.25, 0.3) is 0 Å². The fourth-order valence-corrected chi connectivity index (χ4v) is 1.47. The van der Waals surface area contributed by atoms with E-state index in [4.69, 9.17) is 4.74 Å². The Morgan fingerprint density at radius 2 is 2.00 bits per heavy atom. The van der Waals surface area contributed by atoms with Gasteiger partial charge in [-0.25, -0.2) is 9.97 Å². The largest absolute Gasteiger partial charge is 0.467 e. The third-order valence-corrected chi connectivity index (χ3v) is 2.56. The Labute approximate surface area is 98.9 Å². The zero-order chi connectivity index (χ0) is 12.4. The van der Waals surface area contributed by atoms with Crippen LogP contribution < -0.4 is 4.74 Å².